The van der Waals surface area contributed by atoms with E-state index in [4.69, 9.17) is 9.47 Å². The molecule has 0 spiro atoms. The highest BCUT2D eigenvalue weighted by Gasteiger charge is 2.09. The second-order valence-electron chi connectivity index (χ2n) is 5.03. The van der Waals surface area contributed by atoms with Crippen molar-refractivity contribution in [3.8, 4) is 11.5 Å². The number of benzene rings is 1. The van der Waals surface area contributed by atoms with Gasteiger partial charge in [0.2, 0.25) is 0 Å². The number of hydrogen-bond donors (Lipinski definition) is 3. The van der Waals surface area contributed by atoms with Crippen molar-refractivity contribution in [3.05, 3.63) is 24.3 Å². The summed E-state index contributed by atoms with van der Waals surface area (Å²) in [7, 11) is 1.61. The van der Waals surface area contributed by atoms with Gasteiger partial charge in [-0.1, -0.05) is 0 Å². The van der Waals surface area contributed by atoms with Gasteiger partial charge in [0, 0.05) is 12.6 Å². The lowest BCUT2D eigenvalue weighted by molar-refractivity contribution is 0.100. The fourth-order valence-corrected chi connectivity index (χ4v) is 1.86. The molecule has 0 aliphatic carbocycles. The maximum atomic E-state index is 9.82. The number of aliphatic hydroxyl groups excluding tert-OH is 2. The molecule has 0 aliphatic rings. The Morgan fingerprint density at radius 1 is 1.10 bits per heavy atom. The molecule has 1 aromatic carbocycles. The molecule has 5 heteroatoms. The molecule has 0 aliphatic heterocycles. The third-order valence-electron chi connectivity index (χ3n) is 2.90. The van der Waals surface area contributed by atoms with E-state index in [1.807, 2.05) is 19.1 Å². The molecule has 0 saturated carbocycles. The summed E-state index contributed by atoms with van der Waals surface area (Å²) >= 11 is 0. The Hall–Kier alpha value is -1.30. The van der Waals surface area contributed by atoms with E-state index in [0.29, 0.717) is 18.7 Å². The standard InChI is InChI=1S/C15H25NO4/c1-11(8-12(2)17)16-9-13(18)10-20-15-6-4-14(19-3)5-7-15/h4-7,11-13,16-18H,8-10H2,1-3H3. The highest BCUT2D eigenvalue weighted by Crippen LogP contribution is 2.16. The van der Waals surface area contributed by atoms with Gasteiger partial charge in [0.05, 0.1) is 13.2 Å². The van der Waals surface area contributed by atoms with E-state index in [9.17, 15) is 10.2 Å². The van der Waals surface area contributed by atoms with E-state index in [2.05, 4.69) is 5.32 Å². The summed E-state index contributed by atoms with van der Waals surface area (Å²) in [6.45, 7) is 4.38. The van der Waals surface area contributed by atoms with Gasteiger partial charge in [0.25, 0.3) is 0 Å². The molecular weight excluding hydrogens is 258 g/mol. The van der Waals surface area contributed by atoms with Crippen LogP contribution in [0.1, 0.15) is 20.3 Å². The van der Waals surface area contributed by atoms with Gasteiger partial charge in [0.15, 0.2) is 0 Å². The Morgan fingerprint density at radius 2 is 1.70 bits per heavy atom. The van der Waals surface area contributed by atoms with E-state index < -0.39 is 6.10 Å². The molecule has 114 valence electrons. The van der Waals surface area contributed by atoms with Gasteiger partial charge in [-0.15, -0.1) is 0 Å². The summed E-state index contributed by atoms with van der Waals surface area (Å²) < 4.78 is 10.5. The summed E-state index contributed by atoms with van der Waals surface area (Å²) in [6, 6.07) is 7.38. The van der Waals surface area contributed by atoms with Crippen molar-refractivity contribution in [2.24, 2.45) is 0 Å². The zero-order valence-corrected chi connectivity index (χ0v) is 12.4. The zero-order valence-electron chi connectivity index (χ0n) is 12.4. The zero-order chi connectivity index (χ0) is 15.0. The van der Waals surface area contributed by atoms with Crippen LogP contribution in [0.25, 0.3) is 0 Å². The molecule has 3 atom stereocenters. The molecule has 0 fully saturated rings. The van der Waals surface area contributed by atoms with Crippen LogP contribution < -0.4 is 14.8 Å². The molecule has 1 rings (SSSR count). The molecule has 1 aromatic rings. The Morgan fingerprint density at radius 3 is 2.25 bits per heavy atom. The minimum Gasteiger partial charge on any atom is -0.497 e. The molecule has 0 radical (unpaired) electrons. The Bertz CT molecular complexity index is 367. The minimum atomic E-state index is -0.589. The fraction of sp³-hybridized carbons (Fsp3) is 0.600. The molecule has 0 bridgehead atoms. The van der Waals surface area contributed by atoms with Crippen molar-refractivity contribution in [2.75, 3.05) is 20.3 Å². The van der Waals surface area contributed by atoms with E-state index >= 15 is 0 Å². The number of aliphatic hydroxyl groups is 2. The third-order valence-corrected chi connectivity index (χ3v) is 2.90. The van der Waals surface area contributed by atoms with Gasteiger partial charge in [-0.3, -0.25) is 0 Å². The van der Waals surface area contributed by atoms with Crippen molar-refractivity contribution in [1.29, 1.82) is 0 Å². The molecule has 0 amide bonds. The fourth-order valence-electron chi connectivity index (χ4n) is 1.86. The number of nitrogens with one attached hydrogen (secondary N) is 1. The molecular formula is C15H25NO4. The predicted octanol–water partition coefficient (Wildman–Crippen LogP) is 1.18. The van der Waals surface area contributed by atoms with E-state index in [1.165, 1.54) is 0 Å². The van der Waals surface area contributed by atoms with Crippen LogP contribution in [0.2, 0.25) is 0 Å². The summed E-state index contributed by atoms with van der Waals surface area (Å²) in [5.41, 5.74) is 0. The lowest BCUT2D eigenvalue weighted by atomic mass is 10.1. The SMILES string of the molecule is COc1ccc(OCC(O)CNC(C)CC(C)O)cc1. The predicted molar refractivity (Wildman–Crippen MR) is 78.3 cm³/mol. The molecule has 0 saturated heterocycles. The lowest BCUT2D eigenvalue weighted by Crippen LogP contribution is -2.37. The molecule has 3 N–H and O–H groups in total. The van der Waals surface area contributed by atoms with Crippen LogP contribution in [0, 0.1) is 0 Å². The Labute approximate surface area is 120 Å². The first-order valence-electron chi connectivity index (χ1n) is 6.87. The molecule has 0 aromatic heterocycles. The van der Waals surface area contributed by atoms with Crippen molar-refractivity contribution >= 4 is 0 Å². The first-order chi connectivity index (χ1) is 9.51. The maximum Gasteiger partial charge on any atom is 0.119 e. The molecule has 5 nitrogen and oxygen atoms in total. The molecule has 20 heavy (non-hydrogen) atoms. The highest BCUT2D eigenvalue weighted by molar-refractivity contribution is 5.31. The van der Waals surface area contributed by atoms with E-state index in [-0.39, 0.29) is 18.8 Å². The Kier molecular flexibility index (Phi) is 7.36. The van der Waals surface area contributed by atoms with Crippen LogP contribution in [0.15, 0.2) is 24.3 Å². The van der Waals surface area contributed by atoms with Gasteiger partial charge in [-0.25, -0.2) is 0 Å². The second-order valence-corrected chi connectivity index (χ2v) is 5.03. The summed E-state index contributed by atoms with van der Waals surface area (Å²) in [5.74, 6) is 1.47. The number of ether oxygens (including phenoxy) is 2. The van der Waals surface area contributed by atoms with E-state index in [1.54, 1.807) is 26.2 Å². The molecule has 3 unspecified atom stereocenters. The average Bonchev–Trinajstić information content (AvgIpc) is 2.42. The van der Waals surface area contributed by atoms with Crippen LogP contribution in [0.3, 0.4) is 0 Å². The van der Waals surface area contributed by atoms with Gasteiger partial charge in [-0.2, -0.15) is 0 Å². The van der Waals surface area contributed by atoms with Crippen molar-refractivity contribution in [1.82, 2.24) is 5.32 Å². The normalized spacial score (nSPS) is 15.4. The highest BCUT2D eigenvalue weighted by atomic mass is 16.5. The van der Waals surface area contributed by atoms with Crippen LogP contribution >= 0.6 is 0 Å². The van der Waals surface area contributed by atoms with Gasteiger partial charge < -0.3 is 25.0 Å². The van der Waals surface area contributed by atoms with Gasteiger partial charge >= 0.3 is 0 Å². The van der Waals surface area contributed by atoms with Gasteiger partial charge in [0.1, 0.15) is 24.2 Å². The summed E-state index contributed by atoms with van der Waals surface area (Å²) in [6.07, 6.45) is -0.273. The topological polar surface area (TPSA) is 71.0 Å². The first-order valence-corrected chi connectivity index (χ1v) is 6.87. The number of methoxy groups -OCH3 is 1. The summed E-state index contributed by atoms with van der Waals surface area (Å²) in [5, 5.41) is 22.2. The van der Waals surface area contributed by atoms with Crippen LogP contribution in [0.4, 0.5) is 0 Å². The van der Waals surface area contributed by atoms with Crippen molar-refractivity contribution in [3.63, 3.8) is 0 Å². The maximum absolute atomic E-state index is 9.82. The smallest absolute Gasteiger partial charge is 0.119 e. The number of hydrogen-bond acceptors (Lipinski definition) is 5. The molecule has 0 heterocycles. The monoisotopic (exact) mass is 283 g/mol. The first kappa shape index (κ1) is 16.8. The quantitative estimate of drug-likeness (QED) is 0.635. The van der Waals surface area contributed by atoms with Crippen molar-refractivity contribution < 1.29 is 19.7 Å². The van der Waals surface area contributed by atoms with Crippen molar-refractivity contribution in [2.45, 2.75) is 38.5 Å². The van der Waals surface area contributed by atoms with Crippen LogP contribution in [-0.2, 0) is 0 Å². The summed E-state index contributed by atoms with van der Waals surface area (Å²) in [4.78, 5) is 0. The van der Waals surface area contributed by atoms with Crippen LogP contribution in [-0.4, -0.2) is 48.7 Å². The third kappa shape index (κ3) is 6.75. The largest absolute Gasteiger partial charge is 0.497 e. The second kappa shape index (κ2) is 8.79. The van der Waals surface area contributed by atoms with Crippen LogP contribution in [0.5, 0.6) is 11.5 Å². The minimum absolute atomic E-state index is 0.158. The average molecular weight is 283 g/mol. The lowest BCUT2D eigenvalue weighted by Gasteiger charge is -2.18. The Balaban J connectivity index is 2.23. The van der Waals surface area contributed by atoms with Gasteiger partial charge in [-0.05, 0) is 44.5 Å². The van der Waals surface area contributed by atoms with E-state index in [0.717, 1.165) is 5.75 Å². The number of rotatable bonds is 9.